The first-order chi connectivity index (χ1) is 13.7. The van der Waals surface area contributed by atoms with Gasteiger partial charge in [0.2, 0.25) is 5.91 Å². The minimum atomic E-state index is -0.250. The smallest absolute Gasteiger partial charge is 0.290 e. The Kier molecular flexibility index (Phi) is 7.39. The number of aromatic nitrogens is 2. The highest BCUT2D eigenvalue weighted by atomic mass is 16.3. The average molecular weight is 394 g/mol. The van der Waals surface area contributed by atoms with Crippen LogP contribution in [-0.2, 0) is 9.59 Å². The number of aryl methyl sites for hydroxylation is 3. The fraction of sp³-hybridized carbons (Fsp3) is 0.273. The van der Waals surface area contributed by atoms with Gasteiger partial charge < -0.3 is 15.3 Å². The van der Waals surface area contributed by atoms with Crippen molar-refractivity contribution < 1.29 is 14.7 Å². The van der Waals surface area contributed by atoms with Crippen LogP contribution in [0.1, 0.15) is 16.8 Å². The van der Waals surface area contributed by atoms with Gasteiger partial charge in [-0.3, -0.25) is 14.6 Å². The van der Waals surface area contributed by atoms with E-state index in [4.69, 9.17) is 14.9 Å². The number of rotatable bonds is 4. The van der Waals surface area contributed by atoms with Crippen LogP contribution in [0.2, 0.25) is 0 Å². The van der Waals surface area contributed by atoms with Gasteiger partial charge in [0.15, 0.2) is 0 Å². The minimum absolute atomic E-state index is 0.0342. The molecule has 3 rings (SSSR count). The third kappa shape index (κ3) is 5.83. The number of nitrogens with zero attached hydrogens (tertiary/aromatic N) is 3. The maximum atomic E-state index is 12.1. The molecule has 0 aliphatic rings. The second kappa shape index (κ2) is 9.75. The molecule has 1 aromatic carbocycles. The number of anilines is 1. The highest BCUT2D eigenvalue weighted by Crippen LogP contribution is 2.28. The molecule has 0 spiro atoms. The van der Waals surface area contributed by atoms with Gasteiger partial charge >= 0.3 is 0 Å². The van der Waals surface area contributed by atoms with E-state index in [9.17, 15) is 4.79 Å². The van der Waals surface area contributed by atoms with Crippen molar-refractivity contribution in [2.45, 2.75) is 20.8 Å². The van der Waals surface area contributed by atoms with E-state index in [1.54, 1.807) is 0 Å². The summed E-state index contributed by atoms with van der Waals surface area (Å²) in [5.41, 5.74) is 6.70. The monoisotopic (exact) mass is 394 g/mol. The van der Waals surface area contributed by atoms with Crippen LogP contribution in [0, 0.1) is 20.8 Å². The average Bonchev–Trinajstić information content (AvgIpc) is 2.63. The highest BCUT2D eigenvalue weighted by molar-refractivity contribution is 5.96. The number of benzene rings is 1. The molecule has 0 bridgehead atoms. The van der Waals surface area contributed by atoms with Gasteiger partial charge in [-0.2, -0.15) is 0 Å². The normalized spacial score (nSPS) is 10.4. The lowest BCUT2D eigenvalue weighted by atomic mass is 10.0. The molecule has 2 N–H and O–H groups in total. The third-order valence-electron chi connectivity index (χ3n) is 4.30. The first-order valence-electron chi connectivity index (χ1n) is 9.12. The predicted octanol–water partition coefficient (Wildman–Crippen LogP) is 3.42. The number of carbonyl (C=O) groups excluding carboxylic acids is 1. The largest absolute Gasteiger partial charge is 0.483 e. The summed E-state index contributed by atoms with van der Waals surface area (Å²) in [6, 6.07) is 10.1. The van der Waals surface area contributed by atoms with Crippen LogP contribution in [0.15, 0.2) is 36.5 Å². The molecule has 2 aromatic heterocycles. The Labute approximate surface area is 170 Å². The van der Waals surface area contributed by atoms with Crippen LogP contribution in [-0.4, -0.2) is 53.0 Å². The van der Waals surface area contributed by atoms with Crippen LogP contribution < -0.4 is 5.32 Å². The Morgan fingerprint density at radius 2 is 1.83 bits per heavy atom. The summed E-state index contributed by atoms with van der Waals surface area (Å²) >= 11 is 0. The van der Waals surface area contributed by atoms with Crippen molar-refractivity contribution in [1.82, 2.24) is 14.9 Å². The topological polar surface area (TPSA) is 95.4 Å². The molecule has 0 saturated heterocycles. The van der Waals surface area contributed by atoms with Gasteiger partial charge in [0.05, 0.1) is 17.8 Å². The zero-order chi connectivity index (χ0) is 21.6. The number of likely N-dealkylation sites (N-methyl/N-ethyl adjacent to an activating group) is 1. The van der Waals surface area contributed by atoms with Gasteiger partial charge in [0, 0.05) is 28.5 Å². The summed E-state index contributed by atoms with van der Waals surface area (Å²) in [5, 5.41) is 11.0. The van der Waals surface area contributed by atoms with Crippen molar-refractivity contribution in [1.29, 1.82) is 0 Å². The van der Waals surface area contributed by atoms with Crippen molar-refractivity contribution >= 4 is 29.0 Å². The van der Waals surface area contributed by atoms with E-state index in [-0.39, 0.29) is 12.4 Å². The summed E-state index contributed by atoms with van der Waals surface area (Å²) in [7, 11) is 3.75. The Morgan fingerprint density at radius 1 is 1.14 bits per heavy atom. The highest BCUT2D eigenvalue weighted by Gasteiger charge is 2.11. The van der Waals surface area contributed by atoms with Crippen molar-refractivity contribution in [3.05, 3.63) is 53.3 Å². The van der Waals surface area contributed by atoms with Crippen LogP contribution >= 0.6 is 0 Å². The number of pyridine rings is 2. The molecule has 3 aromatic rings. The molecule has 0 aliphatic heterocycles. The van der Waals surface area contributed by atoms with E-state index in [0.29, 0.717) is 6.54 Å². The molecule has 152 valence electrons. The number of fused-ring (bicyclic) bond motifs is 1. The van der Waals surface area contributed by atoms with Crippen LogP contribution in [0.3, 0.4) is 0 Å². The summed E-state index contributed by atoms with van der Waals surface area (Å²) in [6.07, 6.45) is 1.84. The molecule has 0 saturated carbocycles. The van der Waals surface area contributed by atoms with Crippen LogP contribution in [0.25, 0.3) is 22.2 Å². The molecule has 0 atom stereocenters. The van der Waals surface area contributed by atoms with E-state index < -0.39 is 0 Å². The van der Waals surface area contributed by atoms with E-state index in [1.165, 1.54) is 0 Å². The Morgan fingerprint density at radius 3 is 2.41 bits per heavy atom. The summed E-state index contributed by atoms with van der Waals surface area (Å²) < 4.78 is 0. The number of carboxylic acid groups (broad SMARTS) is 1. The van der Waals surface area contributed by atoms with E-state index >= 15 is 0 Å². The first-order valence-corrected chi connectivity index (χ1v) is 9.12. The molecule has 0 fully saturated rings. The van der Waals surface area contributed by atoms with Crippen LogP contribution in [0.5, 0.6) is 0 Å². The lowest BCUT2D eigenvalue weighted by molar-refractivity contribution is -0.123. The minimum Gasteiger partial charge on any atom is -0.483 e. The molecule has 0 aliphatic carbocycles. The lowest BCUT2D eigenvalue weighted by Gasteiger charge is -2.14. The number of amides is 1. The molecule has 29 heavy (non-hydrogen) atoms. The molecule has 7 nitrogen and oxygen atoms in total. The molecular formula is C22H26N4O3. The molecule has 0 unspecified atom stereocenters. The first kappa shape index (κ1) is 22.0. The van der Waals surface area contributed by atoms with Gasteiger partial charge in [0.25, 0.3) is 6.47 Å². The SMILES string of the molecule is Cc1ccc(-c2cc(C)c3cc(C)c(NC(=O)CN(C)C)cc3n2)cn1.O=CO. The third-order valence-corrected chi connectivity index (χ3v) is 4.30. The van der Waals surface area contributed by atoms with Gasteiger partial charge in [-0.05, 0) is 76.3 Å². The van der Waals surface area contributed by atoms with Crippen molar-refractivity contribution in [3.8, 4) is 11.3 Å². The van der Waals surface area contributed by atoms with Crippen molar-refractivity contribution in [3.63, 3.8) is 0 Å². The second-order valence-corrected chi connectivity index (χ2v) is 7.09. The number of nitrogens with one attached hydrogen (secondary N) is 1. The number of hydrogen-bond donors (Lipinski definition) is 2. The number of hydrogen-bond acceptors (Lipinski definition) is 5. The summed E-state index contributed by atoms with van der Waals surface area (Å²) in [5.74, 6) is -0.0342. The molecule has 2 heterocycles. The van der Waals surface area contributed by atoms with Gasteiger partial charge in [-0.15, -0.1) is 0 Å². The Hall–Kier alpha value is -3.32. The summed E-state index contributed by atoms with van der Waals surface area (Å²) in [4.78, 5) is 31.5. The lowest BCUT2D eigenvalue weighted by Crippen LogP contribution is -2.27. The molecule has 7 heteroatoms. The summed E-state index contributed by atoms with van der Waals surface area (Å²) in [6.45, 7) is 6.15. The van der Waals surface area contributed by atoms with E-state index in [1.807, 2.05) is 57.2 Å². The van der Waals surface area contributed by atoms with Crippen molar-refractivity contribution in [2.75, 3.05) is 26.0 Å². The van der Waals surface area contributed by atoms with Crippen molar-refractivity contribution in [2.24, 2.45) is 0 Å². The van der Waals surface area contributed by atoms with Gasteiger partial charge in [0.1, 0.15) is 0 Å². The quantitative estimate of drug-likeness (QED) is 0.659. The fourth-order valence-electron chi connectivity index (χ4n) is 2.93. The Balaban J connectivity index is 0.000000941. The van der Waals surface area contributed by atoms with Gasteiger partial charge in [-0.25, -0.2) is 4.98 Å². The van der Waals surface area contributed by atoms with Crippen LogP contribution in [0.4, 0.5) is 5.69 Å². The standard InChI is InChI=1S/C21H24N4O.CH2O2/c1-13-9-19(16-7-6-15(3)22-11-16)23-20-10-18(14(2)8-17(13)20)24-21(26)12-25(4)5;2-1-3/h6-11H,12H2,1-5H3,(H,24,26);1H,(H,2,3). The fourth-order valence-corrected chi connectivity index (χ4v) is 2.93. The maximum absolute atomic E-state index is 12.1. The number of carbonyl (C=O) groups is 2. The molecule has 1 amide bonds. The van der Waals surface area contributed by atoms with E-state index in [2.05, 4.69) is 29.4 Å². The predicted molar refractivity (Wildman–Crippen MR) is 115 cm³/mol. The second-order valence-electron chi connectivity index (χ2n) is 7.09. The maximum Gasteiger partial charge on any atom is 0.290 e. The molecular weight excluding hydrogens is 368 g/mol. The zero-order valence-corrected chi connectivity index (χ0v) is 17.4. The van der Waals surface area contributed by atoms with Gasteiger partial charge in [-0.1, -0.05) is 0 Å². The Bertz CT molecular complexity index is 1010. The zero-order valence-electron chi connectivity index (χ0n) is 17.4. The van der Waals surface area contributed by atoms with E-state index in [0.717, 1.165) is 44.7 Å². The molecule has 0 radical (unpaired) electrons.